The van der Waals surface area contributed by atoms with Gasteiger partial charge < -0.3 is 4.98 Å². The Morgan fingerprint density at radius 1 is 1.82 bits per heavy atom. The molecule has 0 bridgehead atoms. The van der Waals surface area contributed by atoms with Crippen LogP contribution in [0.3, 0.4) is 0 Å². The van der Waals surface area contributed by atoms with Crippen molar-refractivity contribution < 1.29 is 0 Å². The Labute approximate surface area is 67.0 Å². The quantitative estimate of drug-likeness (QED) is 0.618. The summed E-state index contributed by atoms with van der Waals surface area (Å²) in [4.78, 5) is 3.09. The van der Waals surface area contributed by atoms with Crippen LogP contribution in [0, 0.1) is 12.3 Å². The lowest BCUT2D eigenvalue weighted by atomic mass is 10.3. The largest absolute Gasteiger partial charge is 0.364 e. The predicted molar refractivity (Wildman–Crippen MR) is 45.9 cm³/mol. The summed E-state index contributed by atoms with van der Waals surface area (Å²) in [7, 11) is 0. The summed E-state index contributed by atoms with van der Waals surface area (Å²) in [6, 6.07) is 4.13. The molecule has 0 spiro atoms. The van der Waals surface area contributed by atoms with Crippen molar-refractivity contribution in [1.29, 1.82) is 0 Å². The normalized spacial score (nSPS) is 12.4. The first-order valence-electron chi connectivity index (χ1n) is 3.64. The van der Waals surface area contributed by atoms with Crippen molar-refractivity contribution in [2.45, 2.75) is 19.5 Å². The summed E-state index contributed by atoms with van der Waals surface area (Å²) < 4.78 is 0. The van der Waals surface area contributed by atoms with E-state index in [9.17, 15) is 0 Å². The molecule has 1 rings (SSSR count). The van der Waals surface area contributed by atoms with Crippen molar-refractivity contribution in [3.8, 4) is 12.3 Å². The molecular formula is C9H12N2. The van der Waals surface area contributed by atoms with Crippen molar-refractivity contribution in [2.24, 2.45) is 0 Å². The summed E-state index contributed by atoms with van der Waals surface area (Å²) in [6.07, 6.45) is 7.09. The molecule has 1 atom stereocenters. The van der Waals surface area contributed by atoms with Gasteiger partial charge in [-0.25, -0.2) is 0 Å². The lowest BCUT2D eigenvalue weighted by molar-refractivity contribution is 0.640. The van der Waals surface area contributed by atoms with Gasteiger partial charge in [0.2, 0.25) is 0 Å². The Kier molecular flexibility index (Phi) is 2.76. The first-order chi connectivity index (χ1) is 5.33. The summed E-state index contributed by atoms with van der Waals surface area (Å²) in [5.74, 6) is 2.60. The average molecular weight is 148 g/mol. The highest BCUT2D eigenvalue weighted by Crippen LogP contribution is 1.93. The van der Waals surface area contributed by atoms with E-state index < -0.39 is 0 Å². The second-order valence-electron chi connectivity index (χ2n) is 2.46. The molecule has 58 valence electrons. The Bertz CT molecular complexity index is 231. The van der Waals surface area contributed by atoms with E-state index in [1.54, 1.807) is 0 Å². The van der Waals surface area contributed by atoms with Crippen LogP contribution in [0.25, 0.3) is 0 Å². The van der Waals surface area contributed by atoms with Gasteiger partial charge in [-0.15, -0.1) is 6.42 Å². The number of H-pyrrole nitrogens is 1. The minimum absolute atomic E-state index is 0.137. The smallest absolute Gasteiger partial charge is 0.0661 e. The summed E-state index contributed by atoms with van der Waals surface area (Å²) >= 11 is 0. The van der Waals surface area contributed by atoms with E-state index in [1.165, 1.54) is 0 Å². The van der Waals surface area contributed by atoms with Gasteiger partial charge in [-0.2, -0.15) is 0 Å². The fraction of sp³-hybridized carbons (Fsp3) is 0.333. The van der Waals surface area contributed by atoms with E-state index in [-0.39, 0.29) is 6.04 Å². The molecule has 0 aromatic carbocycles. The predicted octanol–water partition coefficient (Wildman–Crippen LogP) is 1.13. The van der Waals surface area contributed by atoms with Gasteiger partial charge in [0, 0.05) is 18.4 Å². The summed E-state index contributed by atoms with van der Waals surface area (Å²) in [6.45, 7) is 2.77. The van der Waals surface area contributed by atoms with E-state index in [4.69, 9.17) is 6.42 Å². The second kappa shape index (κ2) is 3.85. The van der Waals surface area contributed by atoms with Crippen molar-refractivity contribution in [3.63, 3.8) is 0 Å². The van der Waals surface area contributed by atoms with Crippen LogP contribution in [0.5, 0.6) is 0 Å². The Morgan fingerprint density at radius 2 is 2.64 bits per heavy atom. The molecule has 1 aromatic heterocycles. The molecule has 0 aliphatic heterocycles. The monoisotopic (exact) mass is 148 g/mol. The molecule has 1 heterocycles. The molecule has 2 N–H and O–H groups in total. The van der Waals surface area contributed by atoms with Crippen LogP contribution in [0.4, 0.5) is 0 Å². The highest BCUT2D eigenvalue weighted by atomic mass is 14.9. The maximum atomic E-state index is 5.19. The standard InChI is InChI=1S/C9H12N2/c1-3-8(2)11-7-9-5-4-6-10-9/h1,4-6,8,10-11H,7H2,2H3. The van der Waals surface area contributed by atoms with Crippen molar-refractivity contribution >= 4 is 0 Å². The Balaban J connectivity index is 2.30. The SMILES string of the molecule is C#CC(C)NCc1ccc[nH]1. The van der Waals surface area contributed by atoms with Crippen LogP contribution >= 0.6 is 0 Å². The molecule has 2 heteroatoms. The zero-order valence-corrected chi connectivity index (χ0v) is 6.59. The maximum absolute atomic E-state index is 5.19. The number of hydrogen-bond acceptors (Lipinski definition) is 1. The fourth-order valence-electron chi connectivity index (χ4n) is 0.799. The molecule has 2 nitrogen and oxygen atoms in total. The Hall–Kier alpha value is -1.20. The van der Waals surface area contributed by atoms with E-state index in [1.807, 2.05) is 25.3 Å². The molecular weight excluding hydrogens is 136 g/mol. The topological polar surface area (TPSA) is 27.8 Å². The van der Waals surface area contributed by atoms with E-state index in [0.717, 1.165) is 12.2 Å². The number of terminal acetylenes is 1. The number of aromatic nitrogens is 1. The fourth-order valence-corrected chi connectivity index (χ4v) is 0.799. The van der Waals surface area contributed by atoms with Crippen LogP contribution in [-0.4, -0.2) is 11.0 Å². The van der Waals surface area contributed by atoms with Gasteiger partial charge in [0.1, 0.15) is 0 Å². The molecule has 1 unspecified atom stereocenters. The number of nitrogens with one attached hydrogen (secondary N) is 2. The minimum atomic E-state index is 0.137. The van der Waals surface area contributed by atoms with Crippen molar-refractivity contribution in [2.75, 3.05) is 0 Å². The van der Waals surface area contributed by atoms with Crippen LogP contribution in [0.2, 0.25) is 0 Å². The highest BCUT2D eigenvalue weighted by molar-refractivity contribution is 5.04. The van der Waals surface area contributed by atoms with Gasteiger partial charge in [-0.1, -0.05) is 5.92 Å². The molecule has 11 heavy (non-hydrogen) atoms. The molecule has 0 radical (unpaired) electrons. The van der Waals surface area contributed by atoms with E-state index in [2.05, 4.69) is 16.2 Å². The average Bonchev–Trinajstić information content (AvgIpc) is 2.52. The zero-order valence-electron chi connectivity index (χ0n) is 6.59. The first kappa shape index (κ1) is 7.90. The Morgan fingerprint density at radius 3 is 3.18 bits per heavy atom. The third-order valence-corrected chi connectivity index (χ3v) is 1.51. The zero-order chi connectivity index (χ0) is 8.10. The molecule has 0 aliphatic rings. The summed E-state index contributed by atoms with van der Waals surface area (Å²) in [5.41, 5.74) is 1.16. The van der Waals surface area contributed by atoms with Crippen molar-refractivity contribution in [1.82, 2.24) is 10.3 Å². The third-order valence-electron chi connectivity index (χ3n) is 1.51. The van der Waals surface area contributed by atoms with E-state index in [0.29, 0.717) is 0 Å². The third kappa shape index (κ3) is 2.48. The van der Waals surface area contributed by atoms with E-state index >= 15 is 0 Å². The van der Waals surface area contributed by atoms with Gasteiger partial charge in [0.25, 0.3) is 0 Å². The van der Waals surface area contributed by atoms with Crippen LogP contribution in [0.15, 0.2) is 18.3 Å². The molecule has 0 amide bonds. The molecule has 0 saturated carbocycles. The lowest BCUT2D eigenvalue weighted by Crippen LogP contribution is -2.23. The molecule has 0 aliphatic carbocycles. The van der Waals surface area contributed by atoms with Crippen LogP contribution in [0.1, 0.15) is 12.6 Å². The van der Waals surface area contributed by atoms with Gasteiger partial charge in [0.15, 0.2) is 0 Å². The number of rotatable bonds is 3. The molecule has 0 saturated heterocycles. The first-order valence-corrected chi connectivity index (χ1v) is 3.64. The second-order valence-corrected chi connectivity index (χ2v) is 2.46. The summed E-state index contributed by atoms with van der Waals surface area (Å²) in [5, 5.41) is 3.17. The van der Waals surface area contributed by atoms with Gasteiger partial charge in [0.05, 0.1) is 6.04 Å². The lowest BCUT2D eigenvalue weighted by Gasteiger charge is -2.04. The van der Waals surface area contributed by atoms with Crippen LogP contribution < -0.4 is 5.32 Å². The highest BCUT2D eigenvalue weighted by Gasteiger charge is 1.95. The van der Waals surface area contributed by atoms with Gasteiger partial charge >= 0.3 is 0 Å². The van der Waals surface area contributed by atoms with Gasteiger partial charge in [-0.3, -0.25) is 5.32 Å². The van der Waals surface area contributed by atoms with Crippen LogP contribution in [-0.2, 0) is 6.54 Å². The van der Waals surface area contributed by atoms with Crippen molar-refractivity contribution in [3.05, 3.63) is 24.0 Å². The molecule has 0 fully saturated rings. The maximum Gasteiger partial charge on any atom is 0.0661 e. The number of aromatic amines is 1. The minimum Gasteiger partial charge on any atom is -0.364 e. The number of hydrogen-bond donors (Lipinski definition) is 2. The molecule has 1 aromatic rings. The van der Waals surface area contributed by atoms with Gasteiger partial charge in [-0.05, 0) is 19.1 Å².